The number of ether oxygens (including phenoxy) is 1. The van der Waals surface area contributed by atoms with Crippen molar-refractivity contribution in [1.29, 1.82) is 0 Å². The summed E-state index contributed by atoms with van der Waals surface area (Å²) >= 11 is 0. The SMILES string of the molecule is CCS(=O)(=O)Nc1ccc(NC(=O)c2cc3c(C)cc(C)cc3[nH]2)cc1OC. The van der Waals surface area contributed by atoms with Crippen LogP contribution in [0.5, 0.6) is 5.75 Å². The van der Waals surface area contributed by atoms with Crippen LogP contribution in [0.3, 0.4) is 0 Å². The first kappa shape index (κ1) is 19.8. The molecule has 0 atom stereocenters. The van der Waals surface area contributed by atoms with Gasteiger partial charge in [-0.05, 0) is 56.2 Å². The minimum absolute atomic E-state index is 0.0477. The number of H-pyrrole nitrogens is 1. The van der Waals surface area contributed by atoms with E-state index in [4.69, 9.17) is 4.74 Å². The maximum atomic E-state index is 12.6. The van der Waals surface area contributed by atoms with E-state index in [0.29, 0.717) is 22.8 Å². The number of rotatable bonds is 6. The van der Waals surface area contributed by atoms with Crippen molar-refractivity contribution in [3.05, 3.63) is 53.2 Å². The van der Waals surface area contributed by atoms with Crippen LogP contribution < -0.4 is 14.8 Å². The Bertz CT molecular complexity index is 1150. The van der Waals surface area contributed by atoms with Gasteiger partial charge in [0.25, 0.3) is 5.91 Å². The molecule has 3 aromatic rings. The predicted molar refractivity (Wildman–Crippen MR) is 112 cm³/mol. The summed E-state index contributed by atoms with van der Waals surface area (Å²) in [5.74, 6) is -0.0244. The molecule has 0 bridgehead atoms. The highest BCUT2D eigenvalue weighted by Gasteiger charge is 2.15. The molecule has 0 aliphatic heterocycles. The van der Waals surface area contributed by atoms with Crippen LogP contribution in [0.25, 0.3) is 10.9 Å². The highest BCUT2D eigenvalue weighted by Crippen LogP contribution is 2.29. The number of hydrogen-bond acceptors (Lipinski definition) is 4. The van der Waals surface area contributed by atoms with Gasteiger partial charge in [-0.1, -0.05) is 6.07 Å². The Labute approximate surface area is 164 Å². The first-order valence-corrected chi connectivity index (χ1v) is 10.5. The molecule has 28 heavy (non-hydrogen) atoms. The third-order valence-electron chi connectivity index (χ3n) is 4.44. The van der Waals surface area contributed by atoms with Crippen molar-refractivity contribution in [3.63, 3.8) is 0 Å². The molecule has 1 aromatic heterocycles. The van der Waals surface area contributed by atoms with Gasteiger partial charge in [0.2, 0.25) is 10.0 Å². The number of hydrogen-bond donors (Lipinski definition) is 3. The quantitative estimate of drug-likeness (QED) is 0.585. The second-order valence-corrected chi connectivity index (χ2v) is 8.61. The maximum absolute atomic E-state index is 12.6. The molecule has 148 valence electrons. The zero-order chi connectivity index (χ0) is 20.5. The van der Waals surface area contributed by atoms with Crippen molar-refractivity contribution in [2.45, 2.75) is 20.8 Å². The van der Waals surface area contributed by atoms with Crippen molar-refractivity contribution >= 4 is 38.2 Å². The Balaban J connectivity index is 1.85. The summed E-state index contributed by atoms with van der Waals surface area (Å²) in [5.41, 5.74) is 4.38. The van der Waals surface area contributed by atoms with Crippen molar-refractivity contribution in [3.8, 4) is 5.75 Å². The minimum Gasteiger partial charge on any atom is -0.494 e. The molecule has 1 heterocycles. The molecule has 0 saturated carbocycles. The number of carbonyl (C=O) groups excluding carboxylic acids is 1. The third kappa shape index (κ3) is 4.12. The van der Waals surface area contributed by atoms with Crippen LogP contribution in [-0.2, 0) is 10.0 Å². The summed E-state index contributed by atoms with van der Waals surface area (Å²) in [6.07, 6.45) is 0. The van der Waals surface area contributed by atoms with E-state index in [0.717, 1.165) is 22.0 Å². The van der Waals surface area contributed by atoms with E-state index in [2.05, 4.69) is 21.1 Å². The molecule has 0 aliphatic carbocycles. The molecule has 3 rings (SSSR count). The van der Waals surface area contributed by atoms with Crippen molar-refractivity contribution < 1.29 is 17.9 Å². The highest BCUT2D eigenvalue weighted by atomic mass is 32.2. The summed E-state index contributed by atoms with van der Waals surface area (Å²) in [6, 6.07) is 10.6. The standard InChI is InChI=1S/C20H23N3O4S/c1-5-28(25,26)23-16-7-6-14(10-19(16)27-4)21-20(24)18-11-15-13(3)8-12(2)9-17(15)22-18/h6-11,22-23H,5H2,1-4H3,(H,21,24). The number of benzene rings is 2. The van der Waals surface area contributed by atoms with Gasteiger partial charge in [-0.15, -0.1) is 0 Å². The number of nitrogens with one attached hydrogen (secondary N) is 3. The van der Waals surface area contributed by atoms with Crippen LogP contribution in [0.4, 0.5) is 11.4 Å². The van der Waals surface area contributed by atoms with E-state index in [-0.39, 0.29) is 11.7 Å². The van der Waals surface area contributed by atoms with Crippen molar-refractivity contribution in [2.24, 2.45) is 0 Å². The molecule has 3 N–H and O–H groups in total. The normalized spacial score (nSPS) is 11.4. The van der Waals surface area contributed by atoms with Gasteiger partial charge >= 0.3 is 0 Å². The average Bonchev–Trinajstić information content (AvgIpc) is 3.07. The molecule has 0 aliphatic rings. The molecule has 1 amide bonds. The van der Waals surface area contributed by atoms with Crippen LogP contribution in [-0.4, -0.2) is 32.2 Å². The topological polar surface area (TPSA) is 100 Å². The lowest BCUT2D eigenvalue weighted by atomic mass is 10.1. The summed E-state index contributed by atoms with van der Waals surface area (Å²) in [4.78, 5) is 15.8. The van der Waals surface area contributed by atoms with Crippen LogP contribution in [0, 0.1) is 13.8 Å². The van der Waals surface area contributed by atoms with Gasteiger partial charge in [0.1, 0.15) is 11.4 Å². The third-order valence-corrected chi connectivity index (χ3v) is 5.73. The fourth-order valence-electron chi connectivity index (χ4n) is 3.01. The first-order chi connectivity index (χ1) is 13.2. The molecular weight excluding hydrogens is 378 g/mol. The number of carbonyl (C=O) groups is 1. The predicted octanol–water partition coefficient (Wildman–Crippen LogP) is 3.81. The number of methoxy groups -OCH3 is 1. The second-order valence-electron chi connectivity index (χ2n) is 6.60. The first-order valence-electron chi connectivity index (χ1n) is 8.82. The Kier molecular flexibility index (Phi) is 5.33. The molecule has 0 spiro atoms. The Morgan fingerprint density at radius 1 is 1.14 bits per heavy atom. The number of anilines is 2. The summed E-state index contributed by atoms with van der Waals surface area (Å²) in [5, 5.41) is 3.80. The average molecular weight is 401 g/mol. The number of fused-ring (bicyclic) bond motifs is 1. The smallest absolute Gasteiger partial charge is 0.272 e. The number of aromatic amines is 1. The van der Waals surface area contributed by atoms with Crippen molar-refractivity contribution in [1.82, 2.24) is 4.98 Å². The number of aromatic nitrogens is 1. The molecule has 0 saturated heterocycles. The molecular formula is C20H23N3O4S. The lowest BCUT2D eigenvalue weighted by Crippen LogP contribution is -2.16. The molecule has 0 unspecified atom stereocenters. The highest BCUT2D eigenvalue weighted by molar-refractivity contribution is 7.92. The van der Waals surface area contributed by atoms with Gasteiger partial charge < -0.3 is 15.0 Å². The summed E-state index contributed by atoms with van der Waals surface area (Å²) < 4.78 is 31.3. The van der Waals surface area contributed by atoms with E-state index < -0.39 is 10.0 Å². The van der Waals surface area contributed by atoms with Crippen LogP contribution in [0.15, 0.2) is 36.4 Å². The molecule has 0 radical (unpaired) electrons. The van der Waals surface area contributed by atoms with Crippen molar-refractivity contribution in [2.75, 3.05) is 22.9 Å². The van der Waals surface area contributed by atoms with E-state index >= 15 is 0 Å². The van der Waals surface area contributed by atoms with Gasteiger partial charge in [-0.25, -0.2) is 8.42 Å². The molecule has 0 fully saturated rings. The monoisotopic (exact) mass is 401 g/mol. The second kappa shape index (κ2) is 7.55. The summed E-state index contributed by atoms with van der Waals surface area (Å²) in [6.45, 7) is 5.56. The lowest BCUT2D eigenvalue weighted by Gasteiger charge is -2.13. The van der Waals surface area contributed by atoms with Gasteiger partial charge in [-0.3, -0.25) is 9.52 Å². The fourth-order valence-corrected chi connectivity index (χ4v) is 3.66. The van der Waals surface area contributed by atoms with E-state index in [9.17, 15) is 13.2 Å². The summed E-state index contributed by atoms with van der Waals surface area (Å²) in [7, 11) is -1.99. The molecule has 7 nitrogen and oxygen atoms in total. The van der Waals surface area contributed by atoms with Crippen LogP contribution >= 0.6 is 0 Å². The van der Waals surface area contributed by atoms with E-state index in [1.165, 1.54) is 7.11 Å². The number of aryl methyl sites for hydroxylation is 2. The zero-order valence-electron chi connectivity index (χ0n) is 16.2. The minimum atomic E-state index is -3.43. The Morgan fingerprint density at radius 3 is 2.57 bits per heavy atom. The van der Waals surface area contributed by atoms with Gasteiger partial charge in [-0.2, -0.15) is 0 Å². The maximum Gasteiger partial charge on any atom is 0.272 e. The van der Waals surface area contributed by atoms with Crippen LogP contribution in [0.2, 0.25) is 0 Å². The largest absolute Gasteiger partial charge is 0.494 e. The van der Waals surface area contributed by atoms with E-state index in [1.54, 1.807) is 25.1 Å². The molecule has 2 aromatic carbocycles. The van der Waals surface area contributed by atoms with Crippen LogP contribution in [0.1, 0.15) is 28.5 Å². The van der Waals surface area contributed by atoms with Gasteiger partial charge in [0.05, 0.1) is 18.6 Å². The van der Waals surface area contributed by atoms with Gasteiger partial charge in [0, 0.05) is 22.7 Å². The Hall–Kier alpha value is -3.00. The number of amides is 1. The number of sulfonamides is 1. The molecule has 8 heteroatoms. The lowest BCUT2D eigenvalue weighted by molar-refractivity contribution is 0.102. The fraction of sp³-hybridized carbons (Fsp3) is 0.250. The zero-order valence-corrected chi connectivity index (χ0v) is 17.0. The van der Waals surface area contributed by atoms with Gasteiger partial charge in [0.15, 0.2) is 0 Å². The van der Waals surface area contributed by atoms with E-state index in [1.807, 2.05) is 26.0 Å². The Morgan fingerprint density at radius 2 is 1.89 bits per heavy atom.